The lowest BCUT2D eigenvalue weighted by Crippen LogP contribution is -2.51. The number of aryl methyl sites for hydroxylation is 1. The summed E-state index contributed by atoms with van der Waals surface area (Å²) >= 11 is 0. The fourth-order valence-corrected chi connectivity index (χ4v) is 5.40. The van der Waals surface area contributed by atoms with Crippen molar-refractivity contribution in [1.29, 1.82) is 0 Å². The summed E-state index contributed by atoms with van der Waals surface area (Å²) in [6, 6.07) is -0.0273. The second kappa shape index (κ2) is 5.68. The maximum atomic E-state index is 13.1. The smallest absolute Gasteiger partial charge is 0.247 e. The van der Waals surface area contributed by atoms with E-state index in [0.717, 1.165) is 19.3 Å². The fraction of sp³-hybridized carbons (Fsp3) is 0.769. The number of fused-ring (bicyclic) bond motifs is 1. The molecule has 1 aliphatic heterocycles. The highest BCUT2D eigenvalue weighted by atomic mass is 32.2. The molecule has 1 saturated heterocycles. The van der Waals surface area contributed by atoms with Gasteiger partial charge in [0.05, 0.1) is 30.1 Å². The number of aromatic amines is 1. The number of aromatic nitrogens is 2. The maximum Gasteiger partial charge on any atom is 0.247 e. The Hall–Kier alpha value is -0.960. The summed E-state index contributed by atoms with van der Waals surface area (Å²) in [6.45, 7) is 3.08. The van der Waals surface area contributed by atoms with Crippen molar-refractivity contribution in [2.75, 3.05) is 20.2 Å². The van der Waals surface area contributed by atoms with Gasteiger partial charge in [-0.2, -0.15) is 9.40 Å². The molecule has 2 unspecified atom stereocenters. The quantitative estimate of drug-likeness (QED) is 0.839. The van der Waals surface area contributed by atoms with Crippen molar-refractivity contribution in [3.63, 3.8) is 0 Å². The van der Waals surface area contributed by atoms with Crippen molar-refractivity contribution in [3.8, 4) is 0 Å². The first-order valence-corrected chi connectivity index (χ1v) is 8.81. The first-order chi connectivity index (χ1) is 10.1. The molecule has 7 nitrogen and oxygen atoms in total. The highest BCUT2D eigenvalue weighted by Crippen LogP contribution is 2.34. The van der Waals surface area contributed by atoms with Gasteiger partial charge in [0.15, 0.2) is 0 Å². The molecule has 2 fully saturated rings. The van der Waals surface area contributed by atoms with E-state index in [4.69, 9.17) is 4.74 Å². The Kier molecular flexibility index (Phi) is 4.04. The summed E-state index contributed by atoms with van der Waals surface area (Å²) in [4.78, 5) is 0.324. The molecule has 0 aromatic carbocycles. The van der Waals surface area contributed by atoms with E-state index in [1.165, 1.54) is 0 Å². The van der Waals surface area contributed by atoms with Crippen molar-refractivity contribution < 1.29 is 13.2 Å². The van der Waals surface area contributed by atoms with Crippen molar-refractivity contribution >= 4 is 10.0 Å². The Morgan fingerprint density at radius 3 is 3.05 bits per heavy atom. The number of nitrogens with one attached hydrogen (secondary N) is 2. The van der Waals surface area contributed by atoms with Gasteiger partial charge in [0.25, 0.3) is 0 Å². The SMILES string of the molecule is CNCc1n[nH]c(C)c1S(=O)(=O)N1CCOC2CCCC21. The third-order valence-corrected chi connectivity index (χ3v) is 6.43. The van der Waals surface area contributed by atoms with Gasteiger partial charge in [0.1, 0.15) is 4.90 Å². The first kappa shape index (κ1) is 15.0. The van der Waals surface area contributed by atoms with Gasteiger partial charge < -0.3 is 10.1 Å². The van der Waals surface area contributed by atoms with Gasteiger partial charge in [-0.3, -0.25) is 5.10 Å². The van der Waals surface area contributed by atoms with E-state index in [1.807, 2.05) is 0 Å². The minimum atomic E-state index is -3.54. The second-order valence-corrected chi connectivity index (χ2v) is 7.51. The Morgan fingerprint density at radius 2 is 2.29 bits per heavy atom. The molecule has 2 N–H and O–H groups in total. The normalized spacial score (nSPS) is 27.0. The molecule has 1 aromatic heterocycles. The summed E-state index contributed by atoms with van der Waals surface area (Å²) in [6.07, 6.45) is 2.90. The van der Waals surface area contributed by atoms with Crippen molar-refractivity contribution in [3.05, 3.63) is 11.4 Å². The van der Waals surface area contributed by atoms with Crippen LogP contribution in [0.25, 0.3) is 0 Å². The Morgan fingerprint density at radius 1 is 1.48 bits per heavy atom. The standard InChI is InChI=1S/C13H22N4O3S/c1-9-13(10(8-14-2)16-15-9)21(18,19)17-6-7-20-12-5-3-4-11(12)17/h11-12,14H,3-8H2,1-2H3,(H,15,16). The van der Waals surface area contributed by atoms with Gasteiger partial charge in [-0.05, 0) is 33.2 Å². The largest absolute Gasteiger partial charge is 0.375 e. The first-order valence-electron chi connectivity index (χ1n) is 7.37. The average Bonchev–Trinajstić information content (AvgIpc) is 3.05. The van der Waals surface area contributed by atoms with Gasteiger partial charge in [-0.15, -0.1) is 0 Å². The van der Waals surface area contributed by atoms with Crippen LogP contribution in [-0.4, -0.2) is 55.3 Å². The Labute approximate surface area is 125 Å². The van der Waals surface area contributed by atoms with Crippen molar-refractivity contribution in [1.82, 2.24) is 19.8 Å². The molecule has 1 aromatic rings. The van der Waals surface area contributed by atoms with Gasteiger partial charge in [-0.1, -0.05) is 0 Å². The monoisotopic (exact) mass is 314 g/mol. The molecule has 0 bridgehead atoms. The minimum absolute atomic E-state index is 0.0273. The van der Waals surface area contributed by atoms with E-state index < -0.39 is 10.0 Å². The van der Waals surface area contributed by atoms with Crippen LogP contribution in [0.2, 0.25) is 0 Å². The molecular weight excluding hydrogens is 292 g/mol. The van der Waals surface area contributed by atoms with E-state index in [-0.39, 0.29) is 12.1 Å². The molecule has 0 amide bonds. The third-order valence-electron chi connectivity index (χ3n) is 4.30. The molecule has 0 radical (unpaired) electrons. The highest BCUT2D eigenvalue weighted by molar-refractivity contribution is 7.89. The fourth-order valence-electron chi connectivity index (χ4n) is 3.40. The van der Waals surface area contributed by atoms with Gasteiger partial charge in [-0.25, -0.2) is 8.42 Å². The summed E-state index contributed by atoms with van der Waals surface area (Å²) in [5.41, 5.74) is 1.15. The number of sulfonamides is 1. The topological polar surface area (TPSA) is 87.3 Å². The predicted octanol–water partition coefficient (Wildman–Crippen LogP) is 0.380. The van der Waals surface area contributed by atoms with E-state index in [0.29, 0.717) is 36.0 Å². The number of hydrogen-bond donors (Lipinski definition) is 2. The van der Waals surface area contributed by atoms with Crippen LogP contribution >= 0.6 is 0 Å². The predicted molar refractivity (Wildman–Crippen MR) is 77.4 cm³/mol. The number of ether oxygens (including phenoxy) is 1. The van der Waals surface area contributed by atoms with Crippen LogP contribution in [0.5, 0.6) is 0 Å². The lowest BCUT2D eigenvalue weighted by atomic mass is 10.2. The van der Waals surface area contributed by atoms with Gasteiger partial charge in [0.2, 0.25) is 10.0 Å². The number of rotatable bonds is 4. The Balaban J connectivity index is 1.98. The van der Waals surface area contributed by atoms with Crippen LogP contribution in [0.15, 0.2) is 4.90 Å². The van der Waals surface area contributed by atoms with E-state index in [9.17, 15) is 8.42 Å². The lowest BCUT2D eigenvalue weighted by Gasteiger charge is -2.36. The molecular formula is C13H22N4O3S. The van der Waals surface area contributed by atoms with Crippen LogP contribution in [0.1, 0.15) is 30.7 Å². The number of nitrogens with zero attached hydrogens (tertiary/aromatic N) is 2. The highest BCUT2D eigenvalue weighted by Gasteiger charge is 2.43. The van der Waals surface area contributed by atoms with Crippen LogP contribution in [0.3, 0.4) is 0 Å². The zero-order chi connectivity index (χ0) is 15.0. The van der Waals surface area contributed by atoms with E-state index in [1.54, 1.807) is 18.3 Å². The maximum absolute atomic E-state index is 13.1. The lowest BCUT2D eigenvalue weighted by molar-refractivity contribution is -0.0242. The van der Waals surface area contributed by atoms with Crippen LogP contribution in [-0.2, 0) is 21.3 Å². The van der Waals surface area contributed by atoms with Gasteiger partial charge >= 0.3 is 0 Å². The number of H-pyrrole nitrogens is 1. The molecule has 0 spiro atoms. The summed E-state index contributed by atoms with van der Waals surface area (Å²) in [7, 11) is -1.76. The average molecular weight is 314 g/mol. The van der Waals surface area contributed by atoms with Crippen LogP contribution < -0.4 is 5.32 Å². The number of hydrogen-bond acceptors (Lipinski definition) is 5. The number of morpholine rings is 1. The molecule has 1 aliphatic carbocycles. The molecule has 2 atom stereocenters. The molecule has 21 heavy (non-hydrogen) atoms. The Bertz CT molecular complexity index is 613. The molecule has 2 aliphatic rings. The molecule has 3 rings (SSSR count). The van der Waals surface area contributed by atoms with Crippen molar-refractivity contribution in [2.24, 2.45) is 0 Å². The van der Waals surface area contributed by atoms with Crippen LogP contribution in [0, 0.1) is 6.92 Å². The van der Waals surface area contributed by atoms with Gasteiger partial charge in [0, 0.05) is 13.1 Å². The minimum Gasteiger partial charge on any atom is -0.375 e. The summed E-state index contributed by atoms with van der Waals surface area (Å²) in [5, 5.41) is 9.90. The summed E-state index contributed by atoms with van der Waals surface area (Å²) < 4.78 is 33.5. The molecule has 8 heteroatoms. The van der Waals surface area contributed by atoms with E-state index >= 15 is 0 Å². The van der Waals surface area contributed by atoms with Crippen molar-refractivity contribution in [2.45, 2.75) is 49.8 Å². The zero-order valence-electron chi connectivity index (χ0n) is 12.4. The summed E-state index contributed by atoms with van der Waals surface area (Å²) in [5.74, 6) is 0. The molecule has 2 heterocycles. The molecule has 118 valence electrons. The third kappa shape index (κ3) is 2.50. The van der Waals surface area contributed by atoms with Crippen LogP contribution in [0.4, 0.5) is 0 Å². The zero-order valence-corrected chi connectivity index (χ0v) is 13.2. The van der Waals surface area contributed by atoms with E-state index in [2.05, 4.69) is 15.5 Å². The second-order valence-electron chi connectivity index (χ2n) is 5.68. The molecule has 1 saturated carbocycles.